The van der Waals surface area contributed by atoms with Crippen LogP contribution in [0.5, 0.6) is 0 Å². The van der Waals surface area contributed by atoms with Crippen LogP contribution in [-0.4, -0.2) is 21.2 Å². The molecule has 0 bridgehead atoms. The van der Waals surface area contributed by atoms with E-state index in [0.717, 1.165) is 33.2 Å². The number of aromatic amines is 1. The summed E-state index contributed by atoms with van der Waals surface area (Å²) in [5, 5.41) is 7.69. The SMILES string of the molecule is CCC(N)Cc1ccc(Sc2n[nH]c(C)n2)c(Br)c1. The first-order valence-electron chi connectivity index (χ1n) is 6.19. The van der Waals surface area contributed by atoms with Crippen molar-refractivity contribution < 1.29 is 0 Å². The summed E-state index contributed by atoms with van der Waals surface area (Å²) in [5.41, 5.74) is 7.22. The van der Waals surface area contributed by atoms with Crippen LogP contribution in [0.2, 0.25) is 0 Å². The van der Waals surface area contributed by atoms with Gasteiger partial charge in [-0.2, -0.15) is 0 Å². The second-order valence-corrected chi connectivity index (χ2v) is 6.31. The van der Waals surface area contributed by atoms with Crippen molar-refractivity contribution in [1.29, 1.82) is 0 Å². The predicted octanol–water partition coefficient (Wildman–Crippen LogP) is 3.31. The summed E-state index contributed by atoms with van der Waals surface area (Å²) in [6.45, 7) is 4.00. The van der Waals surface area contributed by atoms with Gasteiger partial charge in [-0.1, -0.05) is 13.0 Å². The number of aryl methyl sites for hydroxylation is 1. The van der Waals surface area contributed by atoms with Crippen molar-refractivity contribution in [3.05, 3.63) is 34.1 Å². The number of hydrogen-bond acceptors (Lipinski definition) is 4. The highest BCUT2D eigenvalue weighted by atomic mass is 79.9. The van der Waals surface area contributed by atoms with Gasteiger partial charge in [0, 0.05) is 15.4 Å². The average Bonchev–Trinajstić information content (AvgIpc) is 2.78. The summed E-state index contributed by atoms with van der Waals surface area (Å²) in [7, 11) is 0. The Kier molecular flexibility index (Phi) is 5.01. The molecule has 6 heteroatoms. The maximum absolute atomic E-state index is 5.97. The van der Waals surface area contributed by atoms with Crippen LogP contribution in [0.1, 0.15) is 24.7 Å². The molecule has 4 nitrogen and oxygen atoms in total. The largest absolute Gasteiger partial charge is 0.327 e. The van der Waals surface area contributed by atoms with Gasteiger partial charge in [0.2, 0.25) is 5.16 Å². The Hall–Kier alpha value is -0.850. The van der Waals surface area contributed by atoms with E-state index >= 15 is 0 Å². The molecule has 1 aromatic heterocycles. The van der Waals surface area contributed by atoms with E-state index in [4.69, 9.17) is 5.73 Å². The van der Waals surface area contributed by atoms with Crippen molar-refractivity contribution in [2.45, 2.75) is 42.8 Å². The molecule has 0 aliphatic heterocycles. The molecule has 1 atom stereocenters. The molecule has 0 aliphatic carbocycles. The molecule has 1 unspecified atom stereocenters. The number of H-pyrrole nitrogens is 1. The highest BCUT2D eigenvalue weighted by Gasteiger charge is 2.08. The smallest absolute Gasteiger partial charge is 0.213 e. The molecule has 3 N–H and O–H groups in total. The maximum atomic E-state index is 5.97. The van der Waals surface area contributed by atoms with Crippen LogP contribution in [0.4, 0.5) is 0 Å². The lowest BCUT2D eigenvalue weighted by atomic mass is 10.1. The third-order valence-corrected chi connectivity index (χ3v) is 4.66. The fraction of sp³-hybridized carbons (Fsp3) is 0.385. The topological polar surface area (TPSA) is 67.6 Å². The molecule has 0 amide bonds. The Morgan fingerprint density at radius 3 is 2.84 bits per heavy atom. The van der Waals surface area contributed by atoms with Gasteiger partial charge in [0.1, 0.15) is 5.82 Å². The van der Waals surface area contributed by atoms with E-state index in [2.05, 4.69) is 56.2 Å². The first-order valence-corrected chi connectivity index (χ1v) is 7.80. The summed E-state index contributed by atoms with van der Waals surface area (Å²) in [6, 6.07) is 6.54. The van der Waals surface area contributed by atoms with Crippen molar-refractivity contribution in [2.24, 2.45) is 5.73 Å². The second-order valence-electron chi connectivity index (χ2n) is 4.44. The van der Waals surface area contributed by atoms with Gasteiger partial charge in [-0.25, -0.2) is 4.98 Å². The number of hydrogen-bond donors (Lipinski definition) is 2. The number of benzene rings is 1. The quantitative estimate of drug-likeness (QED) is 0.876. The summed E-state index contributed by atoms with van der Waals surface area (Å²) < 4.78 is 1.06. The molecule has 2 aromatic rings. The first-order chi connectivity index (χ1) is 9.08. The molecular weight excluding hydrogens is 324 g/mol. The highest BCUT2D eigenvalue weighted by Crippen LogP contribution is 2.32. The Morgan fingerprint density at radius 2 is 2.26 bits per heavy atom. The van der Waals surface area contributed by atoms with Crippen LogP contribution in [0.3, 0.4) is 0 Å². The summed E-state index contributed by atoms with van der Waals surface area (Å²) in [5.74, 6) is 0.823. The van der Waals surface area contributed by atoms with Crippen LogP contribution in [0, 0.1) is 6.92 Å². The van der Waals surface area contributed by atoms with Crippen LogP contribution in [-0.2, 0) is 6.42 Å². The van der Waals surface area contributed by atoms with Crippen molar-refractivity contribution in [2.75, 3.05) is 0 Å². The molecule has 1 aromatic carbocycles. The molecule has 0 fully saturated rings. The van der Waals surface area contributed by atoms with Gasteiger partial charge in [-0.15, -0.1) is 5.10 Å². The molecule has 0 saturated carbocycles. The van der Waals surface area contributed by atoms with E-state index in [0.29, 0.717) is 0 Å². The Balaban J connectivity index is 2.10. The fourth-order valence-corrected chi connectivity index (χ4v) is 3.10. The monoisotopic (exact) mass is 340 g/mol. The van der Waals surface area contributed by atoms with Gasteiger partial charge in [0.15, 0.2) is 0 Å². The minimum Gasteiger partial charge on any atom is -0.327 e. The summed E-state index contributed by atoms with van der Waals surface area (Å²) in [4.78, 5) is 5.39. The predicted molar refractivity (Wildman–Crippen MR) is 81.4 cm³/mol. The fourth-order valence-electron chi connectivity index (χ4n) is 1.67. The molecule has 19 heavy (non-hydrogen) atoms. The van der Waals surface area contributed by atoms with Crippen LogP contribution < -0.4 is 5.73 Å². The number of rotatable bonds is 5. The summed E-state index contributed by atoms with van der Waals surface area (Å²) >= 11 is 5.13. The standard InChI is InChI=1S/C13H17BrN4S/c1-3-10(15)6-9-4-5-12(11(14)7-9)19-13-16-8(2)17-18-13/h4-5,7,10H,3,6,15H2,1-2H3,(H,16,17,18). The van der Waals surface area contributed by atoms with E-state index in [1.807, 2.05) is 6.92 Å². The first kappa shape index (κ1) is 14.6. The Labute approximate surface area is 125 Å². The van der Waals surface area contributed by atoms with Crippen LogP contribution in [0.15, 0.2) is 32.7 Å². The van der Waals surface area contributed by atoms with Gasteiger partial charge < -0.3 is 5.73 Å². The van der Waals surface area contributed by atoms with E-state index in [9.17, 15) is 0 Å². The van der Waals surface area contributed by atoms with Gasteiger partial charge in [0.05, 0.1) is 0 Å². The van der Waals surface area contributed by atoms with E-state index in [-0.39, 0.29) is 6.04 Å². The normalized spacial score (nSPS) is 12.6. The lowest BCUT2D eigenvalue weighted by Crippen LogP contribution is -2.21. The average molecular weight is 341 g/mol. The minimum atomic E-state index is 0.223. The van der Waals surface area contributed by atoms with Crippen LogP contribution >= 0.6 is 27.7 Å². The molecule has 2 rings (SSSR count). The van der Waals surface area contributed by atoms with Gasteiger partial charge >= 0.3 is 0 Å². The molecule has 1 heterocycles. The molecule has 0 spiro atoms. The van der Waals surface area contributed by atoms with E-state index < -0.39 is 0 Å². The van der Waals surface area contributed by atoms with E-state index in [1.165, 1.54) is 17.3 Å². The Morgan fingerprint density at radius 1 is 1.47 bits per heavy atom. The number of nitrogens with one attached hydrogen (secondary N) is 1. The van der Waals surface area contributed by atoms with Crippen molar-refractivity contribution >= 4 is 27.7 Å². The lowest BCUT2D eigenvalue weighted by Gasteiger charge is -2.10. The highest BCUT2D eigenvalue weighted by molar-refractivity contribution is 9.10. The minimum absolute atomic E-state index is 0.223. The molecule has 0 radical (unpaired) electrons. The Bertz CT molecular complexity index is 555. The van der Waals surface area contributed by atoms with Crippen molar-refractivity contribution in [3.63, 3.8) is 0 Å². The molecule has 0 aliphatic rings. The van der Waals surface area contributed by atoms with Crippen molar-refractivity contribution in [3.8, 4) is 0 Å². The summed E-state index contributed by atoms with van der Waals surface area (Å²) in [6.07, 6.45) is 1.89. The lowest BCUT2D eigenvalue weighted by molar-refractivity contribution is 0.646. The van der Waals surface area contributed by atoms with Gasteiger partial charge in [0.25, 0.3) is 0 Å². The third-order valence-electron chi connectivity index (χ3n) is 2.80. The third kappa shape index (κ3) is 4.06. The van der Waals surface area contributed by atoms with Gasteiger partial charge in [-0.3, -0.25) is 5.10 Å². The van der Waals surface area contributed by atoms with E-state index in [1.54, 1.807) is 0 Å². The molecule has 102 valence electrons. The van der Waals surface area contributed by atoms with Crippen LogP contribution in [0.25, 0.3) is 0 Å². The van der Waals surface area contributed by atoms with Gasteiger partial charge in [-0.05, 0) is 65.2 Å². The zero-order valence-corrected chi connectivity index (χ0v) is 13.4. The molecule has 0 saturated heterocycles. The molecular formula is C13H17BrN4S. The zero-order chi connectivity index (χ0) is 13.8. The number of aromatic nitrogens is 3. The number of halogens is 1. The maximum Gasteiger partial charge on any atom is 0.213 e. The zero-order valence-electron chi connectivity index (χ0n) is 11.0. The second kappa shape index (κ2) is 6.54. The van der Waals surface area contributed by atoms with Crippen molar-refractivity contribution in [1.82, 2.24) is 15.2 Å². The number of nitrogens with zero attached hydrogens (tertiary/aromatic N) is 2. The number of nitrogens with two attached hydrogens (primary N) is 1.